The molecule has 2 rings (SSSR count). The first-order valence-electron chi connectivity index (χ1n) is 6.85. The van der Waals surface area contributed by atoms with Crippen LogP contribution in [0.1, 0.15) is 40.0 Å². The highest BCUT2D eigenvalue weighted by molar-refractivity contribution is 5.87. The third-order valence-electron chi connectivity index (χ3n) is 4.20. The Morgan fingerprint density at radius 2 is 2.11 bits per heavy atom. The molecule has 2 saturated heterocycles. The summed E-state index contributed by atoms with van der Waals surface area (Å²) in [5.74, 6) is 0.228. The number of Topliss-reactive ketones (excluding diaryl/α,β-unsaturated/α-hetero) is 1. The molecule has 2 aliphatic rings. The van der Waals surface area contributed by atoms with E-state index in [4.69, 9.17) is 15.2 Å². The van der Waals surface area contributed by atoms with Crippen LogP contribution in [-0.4, -0.2) is 37.2 Å². The van der Waals surface area contributed by atoms with Gasteiger partial charge < -0.3 is 15.2 Å². The number of nitrogens with two attached hydrogens (primary N) is 1. The third-order valence-corrected chi connectivity index (χ3v) is 4.20. The highest BCUT2D eigenvalue weighted by Gasteiger charge is 2.44. The first-order valence-corrected chi connectivity index (χ1v) is 6.85. The van der Waals surface area contributed by atoms with E-state index in [9.17, 15) is 4.79 Å². The standard InChI is InChI=1S/C14H25NO3/c1-13(2,3)12(15)11(16)10-4-6-18-14(8-10)5-7-17-9-14/h10,12H,4-9,15H2,1-3H3. The average Bonchev–Trinajstić information content (AvgIpc) is 2.74. The summed E-state index contributed by atoms with van der Waals surface area (Å²) in [5, 5.41) is 0. The van der Waals surface area contributed by atoms with Gasteiger partial charge in [0.2, 0.25) is 0 Å². The molecule has 0 aromatic rings. The molecular formula is C14H25NO3. The SMILES string of the molecule is CC(C)(C)C(N)C(=O)C1CCOC2(CCOC2)C1. The first-order chi connectivity index (χ1) is 8.34. The van der Waals surface area contributed by atoms with Crippen molar-refractivity contribution in [2.45, 2.75) is 51.7 Å². The molecule has 4 heteroatoms. The van der Waals surface area contributed by atoms with E-state index < -0.39 is 0 Å². The minimum atomic E-state index is -0.389. The number of ketones is 1. The van der Waals surface area contributed by atoms with Crippen molar-refractivity contribution in [2.24, 2.45) is 17.1 Å². The molecule has 0 amide bonds. The van der Waals surface area contributed by atoms with E-state index in [2.05, 4.69) is 0 Å². The van der Waals surface area contributed by atoms with Crippen LogP contribution >= 0.6 is 0 Å². The summed E-state index contributed by atoms with van der Waals surface area (Å²) >= 11 is 0. The lowest BCUT2D eigenvalue weighted by Gasteiger charge is -2.38. The summed E-state index contributed by atoms with van der Waals surface area (Å²) in [6, 6.07) is -0.389. The predicted molar refractivity (Wildman–Crippen MR) is 69.3 cm³/mol. The Bertz CT molecular complexity index is 315. The molecule has 2 aliphatic heterocycles. The molecule has 2 fully saturated rings. The zero-order valence-corrected chi connectivity index (χ0v) is 11.7. The average molecular weight is 255 g/mol. The Morgan fingerprint density at radius 3 is 2.67 bits per heavy atom. The molecule has 104 valence electrons. The zero-order chi connectivity index (χ0) is 13.4. The van der Waals surface area contributed by atoms with Crippen molar-refractivity contribution in [3.05, 3.63) is 0 Å². The summed E-state index contributed by atoms with van der Waals surface area (Å²) in [6.07, 6.45) is 2.47. The van der Waals surface area contributed by atoms with Crippen LogP contribution in [0.2, 0.25) is 0 Å². The van der Waals surface area contributed by atoms with Gasteiger partial charge in [-0.2, -0.15) is 0 Å². The number of carbonyl (C=O) groups is 1. The second kappa shape index (κ2) is 4.91. The van der Waals surface area contributed by atoms with Gasteiger partial charge in [0.15, 0.2) is 5.78 Å². The predicted octanol–water partition coefficient (Wildman–Crippen LogP) is 1.51. The lowest BCUT2D eigenvalue weighted by Crippen LogP contribution is -2.50. The minimum Gasteiger partial charge on any atom is -0.378 e. The lowest BCUT2D eigenvalue weighted by molar-refractivity contribution is -0.140. The van der Waals surface area contributed by atoms with Crippen LogP contribution in [0.4, 0.5) is 0 Å². The molecule has 0 radical (unpaired) electrons. The van der Waals surface area contributed by atoms with E-state index in [0.717, 1.165) is 25.9 Å². The Balaban J connectivity index is 2.03. The van der Waals surface area contributed by atoms with Crippen LogP contribution in [0.3, 0.4) is 0 Å². The van der Waals surface area contributed by atoms with E-state index in [1.54, 1.807) is 0 Å². The Labute approximate surface area is 109 Å². The van der Waals surface area contributed by atoms with Crippen molar-refractivity contribution < 1.29 is 14.3 Å². The topological polar surface area (TPSA) is 61.6 Å². The van der Waals surface area contributed by atoms with Gasteiger partial charge in [-0.3, -0.25) is 4.79 Å². The normalized spacial score (nSPS) is 34.8. The lowest BCUT2D eigenvalue weighted by atomic mass is 9.75. The van der Waals surface area contributed by atoms with E-state index >= 15 is 0 Å². The van der Waals surface area contributed by atoms with E-state index in [-0.39, 0.29) is 28.8 Å². The molecule has 0 aliphatic carbocycles. The van der Waals surface area contributed by atoms with Crippen LogP contribution in [0.15, 0.2) is 0 Å². The molecule has 2 heterocycles. The van der Waals surface area contributed by atoms with Crippen molar-refractivity contribution in [2.75, 3.05) is 19.8 Å². The van der Waals surface area contributed by atoms with Gasteiger partial charge in [0.25, 0.3) is 0 Å². The molecule has 0 aromatic carbocycles. The van der Waals surface area contributed by atoms with E-state index in [1.807, 2.05) is 20.8 Å². The van der Waals surface area contributed by atoms with Gasteiger partial charge >= 0.3 is 0 Å². The second-order valence-electron chi connectivity index (χ2n) is 6.77. The van der Waals surface area contributed by atoms with Crippen molar-refractivity contribution in [1.82, 2.24) is 0 Å². The number of hydrogen-bond acceptors (Lipinski definition) is 4. The number of hydrogen-bond donors (Lipinski definition) is 1. The molecule has 3 unspecified atom stereocenters. The zero-order valence-electron chi connectivity index (χ0n) is 11.7. The molecule has 1 spiro atoms. The van der Waals surface area contributed by atoms with Crippen molar-refractivity contribution in [1.29, 1.82) is 0 Å². The Kier molecular flexibility index (Phi) is 3.81. The highest BCUT2D eigenvalue weighted by Crippen LogP contribution is 2.37. The number of carbonyl (C=O) groups excluding carboxylic acids is 1. The first kappa shape index (κ1) is 14.0. The smallest absolute Gasteiger partial charge is 0.153 e. The van der Waals surface area contributed by atoms with Crippen molar-refractivity contribution >= 4 is 5.78 Å². The van der Waals surface area contributed by atoms with Gasteiger partial charge in [0.1, 0.15) is 0 Å². The van der Waals surface area contributed by atoms with E-state index in [0.29, 0.717) is 13.2 Å². The fourth-order valence-electron chi connectivity index (χ4n) is 2.81. The van der Waals surface area contributed by atoms with Gasteiger partial charge in [-0.15, -0.1) is 0 Å². The fraction of sp³-hybridized carbons (Fsp3) is 0.929. The monoisotopic (exact) mass is 255 g/mol. The van der Waals surface area contributed by atoms with Crippen molar-refractivity contribution in [3.63, 3.8) is 0 Å². The van der Waals surface area contributed by atoms with Gasteiger partial charge in [0.05, 0.1) is 18.2 Å². The summed E-state index contributed by atoms with van der Waals surface area (Å²) < 4.78 is 11.3. The summed E-state index contributed by atoms with van der Waals surface area (Å²) in [6.45, 7) is 8.07. The van der Waals surface area contributed by atoms with Gasteiger partial charge in [-0.25, -0.2) is 0 Å². The maximum absolute atomic E-state index is 12.5. The largest absolute Gasteiger partial charge is 0.378 e. The van der Waals surface area contributed by atoms with Crippen LogP contribution in [0.5, 0.6) is 0 Å². The summed E-state index contributed by atoms with van der Waals surface area (Å²) in [4.78, 5) is 12.5. The number of ether oxygens (including phenoxy) is 2. The molecule has 3 atom stereocenters. The number of rotatable bonds is 2. The fourth-order valence-corrected chi connectivity index (χ4v) is 2.81. The van der Waals surface area contributed by atoms with Gasteiger partial charge in [-0.1, -0.05) is 20.8 Å². The molecule has 0 aromatic heterocycles. The molecular weight excluding hydrogens is 230 g/mol. The highest BCUT2D eigenvalue weighted by atomic mass is 16.6. The molecule has 0 bridgehead atoms. The van der Waals surface area contributed by atoms with Crippen LogP contribution < -0.4 is 5.73 Å². The van der Waals surface area contributed by atoms with Crippen molar-refractivity contribution in [3.8, 4) is 0 Å². The molecule has 4 nitrogen and oxygen atoms in total. The van der Waals surface area contributed by atoms with Crippen LogP contribution in [-0.2, 0) is 14.3 Å². The molecule has 2 N–H and O–H groups in total. The maximum atomic E-state index is 12.5. The molecule has 18 heavy (non-hydrogen) atoms. The Hall–Kier alpha value is -0.450. The third kappa shape index (κ3) is 2.76. The van der Waals surface area contributed by atoms with Gasteiger partial charge in [-0.05, 0) is 18.3 Å². The summed E-state index contributed by atoms with van der Waals surface area (Å²) in [7, 11) is 0. The van der Waals surface area contributed by atoms with Crippen LogP contribution in [0.25, 0.3) is 0 Å². The second-order valence-corrected chi connectivity index (χ2v) is 6.77. The minimum absolute atomic E-state index is 0.0367. The van der Waals surface area contributed by atoms with Crippen LogP contribution in [0, 0.1) is 11.3 Å². The summed E-state index contributed by atoms with van der Waals surface area (Å²) in [5.41, 5.74) is 5.71. The van der Waals surface area contributed by atoms with E-state index in [1.165, 1.54) is 0 Å². The molecule has 0 saturated carbocycles. The van der Waals surface area contributed by atoms with Gasteiger partial charge in [0, 0.05) is 25.6 Å². The Morgan fingerprint density at radius 1 is 1.39 bits per heavy atom. The quantitative estimate of drug-likeness (QED) is 0.812. The maximum Gasteiger partial charge on any atom is 0.153 e.